The van der Waals surface area contributed by atoms with E-state index in [4.69, 9.17) is 21.4 Å². The van der Waals surface area contributed by atoms with Crippen LogP contribution in [0.1, 0.15) is 0 Å². The van der Waals surface area contributed by atoms with Crippen LogP contribution in [0.25, 0.3) is 0 Å². The molecule has 0 fully saturated rings. The van der Waals surface area contributed by atoms with Crippen LogP contribution in [-0.4, -0.2) is 36.6 Å². The van der Waals surface area contributed by atoms with Crippen molar-refractivity contribution in [3.8, 4) is 5.75 Å². The van der Waals surface area contributed by atoms with E-state index in [1.807, 2.05) is 0 Å². The van der Waals surface area contributed by atoms with Crippen LogP contribution < -0.4 is 10.1 Å². The first-order valence-corrected chi connectivity index (χ1v) is 6.72. The molecule has 0 bridgehead atoms. The van der Waals surface area contributed by atoms with Gasteiger partial charge in [0, 0.05) is 6.54 Å². The van der Waals surface area contributed by atoms with Gasteiger partial charge < -0.3 is 20.3 Å². The normalized spacial score (nSPS) is 12.4. The van der Waals surface area contributed by atoms with Crippen molar-refractivity contribution in [1.82, 2.24) is 0 Å². The largest absolute Gasteiger partial charge is 0.494 e. The standard InChI is InChI=1S/C10H12Br2ClNO3/c1-17-10-6(11)2-7(13)9(8(10)12)14-3-5(16)4-15/h2,5,14-16H,3-4H2,1H3. The smallest absolute Gasteiger partial charge is 0.149 e. The lowest BCUT2D eigenvalue weighted by Crippen LogP contribution is -2.23. The van der Waals surface area contributed by atoms with E-state index in [1.165, 1.54) is 0 Å². The third kappa shape index (κ3) is 3.72. The van der Waals surface area contributed by atoms with Crippen LogP contribution >= 0.6 is 43.5 Å². The predicted molar refractivity (Wildman–Crippen MR) is 75.0 cm³/mol. The number of rotatable bonds is 5. The predicted octanol–water partition coefficient (Wildman–Crippen LogP) is 2.64. The van der Waals surface area contributed by atoms with Crippen LogP contribution in [0.3, 0.4) is 0 Å². The third-order valence-electron chi connectivity index (χ3n) is 2.06. The fourth-order valence-corrected chi connectivity index (χ4v) is 3.31. The number of hydrogen-bond acceptors (Lipinski definition) is 4. The first-order valence-electron chi connectivity index (χ1n) is 4.75. The zero-order chi connectivity index (χ0) is 13.0. The molecule has 96 valence electrons. The minimum Gasteiger partial charge on any atom is -0.494 e. The van der Waals surface area contributed by atoms with E-state index in [9.17, 15) is 5.11 Å². The Labute approximate surface area is 121 Å². The Morgan fingerprint density at radius 3 is 2.71 bits per heavy atom. The van der Waals surface area contributed by atoms with E-state index in [1.54, 1.807) is 13.2 Å². The second-order valence-electron chi connectivity index (χ2n) is 3.28. The Hall–Kier alpha value is -0.0100. The number of aliphatic hydroxyl groups is 2. The molecule has 4 nitrogen and oxygen atoms in total. The van der Waals surface area contributed by atoms with Crippen molar-refractivity contribution < 1.29 is 14.9 Å². The Balaban J connectivity index is 2.98. The lowest BCUT2D eigenvalue weighted by molar-refractivity contribution is 0.105. The second-order valence-corrected chi connectivity index (χ2v) is 5.33. The van der Waals surface area contributed by atoms with E-state index in [2.05, 4.69) is 37.2 Å². The molecule has 7 heteroatoms. The van der Waals surface area contributed by atoms with Crippen LogP contribution in [0, 0.1) is 0 Å². The van der Waals surface area contributed by atoms with Gasteiger partial charge in [-0.05, 0) is 37.9 Å². The van der Waals surface area contributed by atoms with Gasteiger partial charge in [-0.3, -0.25) is 0 Å². The molecule has 0 aliphatic carbocycles. The molecule has 0 aliphatic heterocycles. The maximum Gasteiger partial charge on any atom is 0.149 e. The highest BCUT2D eigenvalue weighted by molar-refractivity contribution is 9.11. The second kappa shape index (κ2) is 6.80. The van der Waals surface area contributed by atoms with E-state index < -0.39 is 6.10 Å². The van der Waals surface area contributed by atoms with Crippen LogP contribution in [-0.2, 0) is 0 Å². The average Bonchev–Trinajstić information content (AvgIpc) is 2.28. The first kappa shape index (κ1) is 15.0. The molecule has 1 rings (SSSR count). The van der Waals surface area contributed by atoms with Gasteiger partial charge in [0.05, 0.1) is 39.5 Å². The van der Waals surface area contributed by atoms with Gasteiger partial charge in [0.2, 0.25) is 0 Å². The molecule has 1 unspecified atom stereocenters. The molecule has 0 spiro atoms. The van der Waals surface area contributed by atoms with Crippen molar-refractivity contribution in [2.75, 3.05) is 25.6 Å². The number of ether oxygens (including phenoxy) is 1. The lowest BCUT2D eigenvalue weighted by atomic mass is 10.2. The van der Waals surface area contributed by atoms with E-state index >= 15 is 0 Å². The van der Waals surface area contributed by atoms with Crippen molar-refractivity contribution >= 4 is 49.1 Å². The summed E-state index contributed by atoms with van der Waals surface area (Å²) in [5.41, 5.74) is 0.610. The summed E-state index contributed by atoms with van der Waals surface area (Å²) in [5, 5.41) is 21.4. The lowest BCUT2D eigenvalue weighted by Gasteiger charge is -2.16. The minimum absolute atomic E-state index is 0.194. The van der Waals surface area contributed by atoms with Crippen LogP contribution in [0.2, 0.25) is 5.02 Å². The summed E-state index contributed by atoms with van der Waals surface area (Å²) in [4.78, 5) is 0. The van der Waals surface area contributed by atoms with Gasteiger partial charge in [0.15, 0.2) is 0 Å². The molecule has 0 heterocycles. The van der Waals surface area contributed by atoms with Gasteiger partial charge in [0.25, 0.3) is 0 Å². The number of anilines is 1. The molecule has 1 aromatic rings. The monoisotopic (exact) mass is 387 g/mol. The molecule has 0 aliphatic rings. The van der Waals surface area contributed by atoms with Crippen LogP contribution in [0.5, 0.6) is 5.75 Å². The third-order valence-corrected chi connectivity index (χ3v) is 3.70. The highest BCUT2D eigenvalue weighted by atomic mass is 79.9. The highest BCUT2D eigenvalue weighted by Crippen LogP contribution is 2.43. The summed E-state index contributed by atoms with van der Waals surface area (Å²) >= 11 is 12.8. The van der Waals surface area contributed by atoms with E-state index in [-0.39, 0.29) is 13.2 Å². The maximum absolute atomic E-state index is 9.27. The number of halogens is 3. The fraction of sp³-hybridized carbons (Fsp3) is 0.400. The number of methoxy groups -OCH3 is 1. The minimum atomic E-state index is -0.840. The quantitative estimate of drug-likeness (QED) is 0.725. The summed E-state index contributed by atoms with van der Waals surface area (Å²) in [6.07, 6.45) is -0.840. The Kier molecular flexibility index (Phi) is 6.02. The molecule has 0 saturated carbocycles. The fourth-order valence-electron chi connectivity index (χ4n) is 1.21. The summed E-state index contributed by atoms with van der Waals surface area (Å²) < 4.78 is 6.58. The van der Waals surface area contributed by atoms with Gasteiger partial charge in [-0.15, -0.1) is 0 Å². The zero-order valence-electron chi connectivity index (χ0n) is 9.01. The van der Waals surface area contributed by atoms with Crippen LogP contribution in [0.15, 0.2) is 15.0 Å². The molecule has 0 amide bonds. The molecular weight excluding hydrogens is 377 g/mol. The molecule has 3 N–H and O–H groups in total. The van der Waals surface area contributed by atoms with Crippen molar-refractivity contribution in [3.05, 3.63) is 20.0 Å². The highest BCUT2D eigenvalue weighted by Gasteiger charge is 2.15. The molecular formula is C10H12Br2ClNO3. The van der Waals surface area contributed by atoms with E-state index in [0.29, 0.717) is 20.9 Å². The Morgan fingerprint density at radius 1 is 1.53 bits per heavy atom. The summed E-state index contributed by atoms with van der Waals surface area (Å²) in [5.74, 6) is 0.607. The van der Waals surface area contributed by atoms with Crippen molar-refractivity contribution in [1.29, 1.82) is 0 Å². The van der Waals surface area contributed by atoms with Gasteiger partial charge in [-0.1, -0.05) is 11.6 Å². The average molecular weight is 389 g/mol. The SMILES string of the molecule is COc1c(Br)cc(Cl)c(NCC(O)CO)c1Br. The maximum atomic E-state index is 9.27. The molecule has 0 saturated heterocycles. The summed E-state index contributed by atoms with van der Waals surface area (Å²) in [6.45, 7) is -0.116. The van der Waals surface area contributed by atoms with Gasteiger partial charge in [-0.25, -0.2) is 0 Å². The topological polar surface area (TPSA) is 61.7 Å². The molecule has 17 heavy (non-hydrogen) atoms. The number of hydrogen-bond donors (Lipinski definition) is 3. The number of nitrogens with one attached hydrogen (secondary N) is 1. The zero-order valence-corrected chi connectivity index (χ0v) is 12.9. The first-order chi connectivity index (χ1) is 8.01. The molecule has 0 radical (unpaired) electrons. The molecule has 1 atom stereocenters. The summed E-state index contributed by atoms with van der Waals surface area (Å²) in [6, 6.07) is 1.69. The number of benzene rings is 1. The molecule has 0 aromatic heterocycles. The Morgan fingerprint density at radius 2 is 2.18 bits per heavy atom. The van der Waals surface area contributed by atoms with Crippen molar-refractivity contribution in [3.63, 3.8) is 0 Å². The van der Waals surface area contributed by atoms with Crippen molar-refractivity contribution in [2.45, 2.75) is 6.10 Å². The van der Waals surface area contributed by atoms with Crippen molar-refractivity contribution in [2.24, 2.45) is 0 Å². The van der Waals surface area contributed by atoms with Gasteiger partial charge in [-0.2, -0.15) is 0 Å². The van der Waals surface area contributed by atoms with Gasteiger partial charge >= 0.3 is 0 Å². The molecule has 1 aromatic carbocycles. The number of aliphatic hydroxyl groups excluding tert-OH is 2. The van der Waals surface area contributed by atoms with Crippen LogP contribution in [0.4, 0.5) is 5.69 Å². The van der Waals surface area contributed by atoms with Gasteiger partial charge in [0.1, 0.15) is 5.75 Å². The summed E-state index contributed by atoms with van der Waals surface area (Å²) in [7, 11) is 1.55. The van der Waals surface area contributed by atoms with E-state index in [0.717, 1.165) is 4.47 Å². The Bertz CT molecular complexity index is 404.